The molecule has 2 heterocycles. The maximum Gasteiger partial charge on any atom is 0.257 e. The monoisotopic (exact) mass is 278 g/mol. The van der Waals surface area contributed by atoms with Crippen molar-refractivity contribution in [1.29, 1.82) is 0 Å². The second-order valence-corrected chi connectivity index (χ2v) is 5.11. The molecule has 0 spiro atoms. The molecule has 0 unspecified atom stereocenters. The number of piperidine rings is 1. The van der Waals surface area contributed by atoms with Gasteiger partial charge in [0.25, 0.3) is 5.91 Å². The van der Waals surface area contributed by atoms with E-state index in [9.17, 15) is 9.59 Å². The third-order valence-electron chi connectivity index (χ3n) is 3.90. The molecule has 1 saturated heterocycles. The summed E-state index contributed by atoms with van der Waals surface area (Å²) in [5.74, 6) is 0.0509. The third kappa shape index (κ3) is 3.03. The van der Waals surface area contributed by atoms with Crippen molar-refractivity contribution < 1.29 is 14.0 Å². The lowest BCUT2D eigenvalue weighted by Gasteiger charge is -2.34. The maximum absolute atomic E-state index is 12.4. The van der Waals surface area contributed by atoms with E-state index in [0.717, 1.165) is 25.9 Å². The molecule has 1 atom stereocenters. The van der Waals surface area contributed by atoms with Gasteiger partial charge in [-0.15, -0.1) is 0 Å². The van der Waals surface area contributed by atoms with Crippen LogP contribution in [-0.2, 0) is 4.79 Å². The van der Waals surface area contributed by atoms with Gasteiger partial charge >= 0.3 is 0 Å². The SMILES string of the molecule is CCN(CC)C(=O)[C@H]1CCCN(C(=O)c2ccoc2)C1. The van der Waals surface area contributed by atoms with Crippen molar-refractivity contribution in [1.82, 2.24) is 9.80 Å². The van der Waals surface area contributed by atoms with Crippen LogP contribution in [0, 0.1) is 5.92 Å². The Labute approximate surface area is 119 Å². The van der Waals surface area contributed by atoms with E-state index in [0.29, 0.717) is 18.7 Å². The zero-order chi connectivity index (χ0) is 14.5. The quantitative estimate of drug-likeness (QED) is 0.846. The van der Waals surface area contributed by atoms with Crippen molar-refractivity contribution in [3.63, 3.8) is 0 Å². The summed E-state index contributed by atoms with van der Waals surface area (Å²) in [5, 5.41) is 0. The van der Waals surface area contributed by atoms with Crippen LogP contribution in [0.4, 0.5) is 0 Å². The number of hydrogen-bond donors (Lipinski definition) is 0. The molecule has 5 heteroatoms. The molecule has 0 N–H and O–H groups in total. The van der Waals surface area contributed by atoms with Gasteiger partial charge in [0.1, 0.15) is 6.26 Å². The predicted molar refractivity (Wildman–Crippen MR) is 75.3 cm³/mol. The van der Waals surface area contributed by atoms with E-state index in [4.69, 9.17) is 4.42 Å². The molecular weight excluding hydrogens is 256 g/mol. The van der Waals surface area contributed by atoms with E-state index in [-0.39, 0.29) is 17.7 Å². The summed E-state index contributed by atoms with van der Waals surface area (Å²) in [6.07, 6.45) is 4.69. The van der Waals surface area contributed by atoms with E-state index >= 15 is 0 Å². The van der Waals surface area contributed by atoms with Crippen LogP contribution < -0.4 is 0 Å². The van der Waals surface area contributed by atoms with E-state index in [1.165, 1.54) is 12.5 Å². The highest BCUT2D eigenvalue weighted by molar-refractivity contribution is 5.94. The van der Waals surface area contributed by atoms with Gasteiger partial charge in [-0.05, 0) is 32.8 Å². The van der Waals surface area contributed by atoms with Crippen LogP contribution >= 0.6 is 0 Å². The van der Waals surface area contributed by atoms with Gasteiger partial charge in [0.05, 0.1) is 17.7 Å². The maximum atomic E-state index is 12.4. The number of furan rings is 1. The minimum absolute atomic E-state index is 0.0456. The first kappa shape index (κ1) is 14.6. The minimum atomic E-state index is -0.0699. The summed E-state index contributed by atoms with van der Waals surface area (Å²) >= 11 is 0. The van der Waals surface area contributed by atoms with Gasteiger partial charge in [0, 0.05) is 26.2 Å². The molecule has 2 amide bonds. The fourth-order valence-electron chi connectivity index (χ4n) is 2.73. The zero-order valence-corrected chi connectivity index (χ0v) is 12.2. The van der Waals surface area contributed by atoms with Gasteiger partial charge in [-0.25, -0.2) is 0 Å². The van der Waals surface area contributed by atoms with E-state index in [2.05, 4.69) is 0 Å². The second-order valence-electron chi connectivity index (χ2n) is 5.11. The summed E-state index contributed by atoms with van der Waals surface area (Å²) in [7, 11) is 0. The Balaban J connectivity index is 2.01. The number of rotatable bonds is 4. The lowest BCUT2D eigenvalue weighted by atomic mass is 9.96. The highest BCUT2D eigenvalue weighted by Gasteiger charge is 2.30. The Morgan fingerprint density at radius 3 is 2.75 bits per heavy atom. The van der Waals surface area contributed by atoms with Crippen LogP contribution in [0.2, 0.25) is 0 Å². The van der Waals surface area contributed by atoms with Crippen LogP contribution in [0.1, 0.15) is 37.0 Å². The Morgan fingerprint density at radius 2 is 2.15 bits per heavy atom. The second kappa shape index (κ2) is 6.59. The van der Waals surface area contributed by atoms with Crippen LogP contribution in [0.25, 0.3) is 0 Å². The van der Waals surface area contributed by atoms with Gasteiger partial charge in [-0.2, -0.15) is 0 Å². The fourth-order valence-corrected chi connectivity index (χ4v) is 2.73. The Bertz CT molecular complexity index is 452. The van der Waals surface area contributed by atoms with Crippen molar-refractivity contribution in [3.05, 3.63) is 24.2 Å². The van der Waals surface area contributed by atoms with Gasteiger partial charge in [0.15, 0.2) is 0 Å². The van der Waals surface area contributed by atoms with Gasteiger partial charge in [-0.1, -0.05) is 0 Å². The highest BCUT2D eigenvalue weighted by Crippen LogP contribution is 2.20. The van der Waals surface area contributed by atoms with Crippen molar-refractivity contribution in [3.8, 4) is 0 Å². The molecule has 5 nitrogen and oxygen atoms in total. The Morgan fingerprint density at radius 1 is 1.40 bits per heavy atom. The molecule has 110 valence electrons. The fraction of sp³-hybridized carbons (Fsp3) is 0.600. The predicted octanol–water partition coefficient (Wildman–Crippen LogP) is 2.00. The normalized spacial score (nSPS) is 18.9. The summed E-state index contributed by atoms with van der Waals surface area (Å²) in [6, 6.07) is 1.66. The van der Waals surface area contributed by atoms with Gasteiger partial charge in [-0.3, -0.25) is 9.59 Å². The number of hydrogen-bond acceptors (Lipinski definition) is 3. The zero-order valence-electron chi connectivity index (χ0n) is 12.2. The first-order valence-electron chi connectivity index (χ1n) is 7.27. The van der Waals surface area contributed by atoms with Crippen molar-refractivity contribution >= 4 is 11.8 Å². The molecule has 0 aliphatic carbocycles. The number of carbonyl (C=O) groups excluding carboxylic acids is 2. The summed E-state index contributed by atoms with van der Waals surface area (Å²) in [6.45, 7) is 6.64. The molecular formula is C15H22N2O3. The lowest BCUT2D eigenvalue weighted by Crippen LogP contribution is -2.46. The van der Waals surface area contributed by atoms with Gasteiger partial charge in [0.2, 0.25) is 5.91 Å². The smallest absolute Gasteiger partial charge is 0.257 e. The molecule has 0 saturated carbocycles. The van der Waals surface area contributed by atoms with Crippen molar-refractivity contribution in [2.75, 3.05) is 26.2 Å². The topological polar surface area (TPSA) is 53.8 Å². The first-order valence-corrected chi connectivity index (χ1v) is 7.27. The summed E-state index contributed by atoms with van der Waals surface area (Å²) in [5.41, 5.74) is 0.556. The summed E-state index contributed by atoms with van der Waals surface area (Å²) < 4.78 is 4.95. The molecule has 1 aromatic rings. The van der Waals surface area contributed by atoms with Crippen molar-refractivity contribution in [2.24, 2.45) is 5.92 Å². The van der Waals surface area contributed by atoms with Crippen LogP contribution in [0.3, 0.4) is 0 Å². The first-order chi connectivity index (χ1) is 9.67. The van der Waals surface area contributed by atoms with Crippen LogP contribution in [-0.4, -0.2) is 47.8 Å². The highest BCUT2D eigenvalue weighted by atomic mass is 16.3. The standard InChI is InChI=1S/C15H22N2O3/c1-3-16(4-2)14(18)12-6-5-8-17(10-12)15(19)13-7-9-20-11-13/h7,9,11-12H,3-6,8,10H2,1-2H3/t12-/m0/s1. The Kier molecular flexibility index (Phi) is 4.82. The number of likely N-dealkylation sites (tertiary alicyclic amines) is 1. The molecule has 1 fully saturated rings. The molecule has 0 bridgehead atoms. The molecule has 0 radical (unpaired) electrons. The average molecular weight is 278 g/mol. The largest absolute Gasteiger partial charge is 0.472 e. The minimum Gasteiger partial charge on any atom is -0.472 e. The number of carbonyl (C=O) groups is 2. The van der Waals surface area contributed by atoms with Crippen LogP contribution in [0.5, 0.6) is 0 Å². The van der Waals surface area contributed by atoms with Crippen LogP contribution in [0.15, 0.2) is 23.0 Å². The Hall–Kier alpha value is -1.78. The molecule has 1 aliphatic heterocycles. The lowest BCUT2D eigenvalue weighted by molar-refractivity contribution is -0.136. The van der Waals surface area contributed by atoms with E-state index in [1.807, 2.05) is 18.7 Å². The number of nitrogens with zero attached hydrogens (tertiary/aromatic N) is 2. The molecule has 20 heavy (non-hydrogen) atoms. The molecule has 0 aromatic carbocycles. The molecule has 1 aliphatic rings. The van der Waals surface area contributed by atoms with Gasteiger partial charge < -0.3 is 14.2 Å². The van der Waals surface area contributed by atoms with E-state index < -0.39 is 0 Å². The molecule has 1 aromatic heterocycles. The average Bonchev–Trinajstić information content (AvgIpc) is 3.02. The van der Waals surface area contributed by atoms with E-state index in [1.54, 1.807) is 11.0 Å². The van der Waals surface area contributed by atoms with Crippen molar-refractivity contribution in [2.45, 2.75) is 26.7 Å². The number of amides is 2. The third-order valence-corrected chi connectivity index (χ3v) is 3.90. The summed E-state index contributed by atoms with van der Waals surface area (Å²) in [4.78, 5) is 28.3. The molecule has 2 rings (SSSR count).